The fourth-order valence-corrected chi connectivity index (χ4v) is 3.89. The van der Waals surface area contributed by atoms with E-state index in [1.54, 1.807) is 11.9 Å². The summed E-state index contributed by atoms with van der Waals surface area (Å²) in [4.78, 5) is 16.1. The Labute approximate surface area is 168 Å². The van der Waals surface area contributed by atoms with Gasteiger partial charge in [0.1, 0.15) is 4.83 Å². The van der Waals surface area contributed by atoms with Crippen molar-refractivity contribution in [2.45, 2.75) is 26.4 Å². The molecule has 26 heavy (non-hydrogen) atoms. The van der Waals surface area contributed by atoms with E-state index < -0.39 is 0 Å². The zero-order valence-electron chi connectivity index (χ0n) is 14.9. The number of rotatable bonds is 5. The molecule has 0 saturated carbocycles. The van der Waals surface area contributed by atoms with Crippen LogP contribution in [-0.2, 0) is 6.54 Å². The van der Waals surface area contributed by atoms with Gasteiger partial charge in [0.2, 0.25) is 0 Å². The highest BCUT2D eigenvalue weighted by Crippen LogP contribution is 2.30. The van der Waals surface area contributed by atoms with Crippen molar-refractivity contribution in [3.8, 4) is 0 Å². The molecule has 3 aromatic rings. The molecule has 0 fully saturated rings. The van der Waals surface area contributed by atoms with Gasteiger partial charge in [0.25, 0.3) is 5.91 Å². The number of nitrogens with two attached hydrogens (primary N) is 1. The highest BCUT2D eigenvalue weighted by atomic mass is 35.5. The monoisotopic (exact) mass is 412 g/mol. The van der Waals surface area contributed by atoms with Gasteiger partial charge in [-0.05, 0) is 37.6 Å². The maximum Gasteiger partial charge on any atom is 0.264 e. The van der Waals surface area contributed by atoms with Gasteiger partial charge in [0, 0.05) is 30.0 Å². The maximum atomic E-state index is 12.7. The minimum atomic E-state index is -0.00315. The van der Waals surface area contributed by atoms with Gasteiger partial charge in [-0.15, -0.1) is 23.7 Å². The molecule has 3 rings (SSSR count). The van der Waals surface area contributed by atoms with E-state index in [-0.39, 0.29) is 24.4 Å². The van der Waals surface area contributed by atoms with Gasteiger partial charge in [-0.25, -0.2) is 0 Å². The molecule has 0 aliphatic carbocycles. The van der Waals surface area contributed by atoms with Gasteiger partial charge in [-0.2, -0.15) is 5.10 Å². The average Bonchev–Trinajstić information content (AvgIpc) is 3.16. The number of carbonyl (C=O) groups excluding carboxylic acids is 1. The summed E-state index contributed by atoms with van der Waals surface area (Å²) in [5.74, 6) is -0.00315. The SMILES string of the molecule is Cc1nn(Cc2ccc(Cl)cc2)c2sc(C(=O)N(C)C(C)CN)cc12.Cl. The Morgan fingerprint density at radius 3 is 2.65 bits per heavy atom. The first-order valence-corrected chi connectivity index (χ1v) is 9.28. The van der Waals surface area contributed by atoms with Gasteiger partial charge in [-0.1, -0.05) is 23.7 Å². The lowest BCUT2D eigenvalue weighted by Crippen LogP contribution is -2.39. The van der Waals surface area contributed by atoms with Gasteiger partial charge in [0.05, 0.1) is 17.1 Å². The first-order chi connectivity index (χ1) is 11.9. The molecule has 5 nitrogen and oxygen atoms in total. The van der Waals surface area contributed by atoms with Crippen molar-refractivity contribution in [3.05, 3.63) is 51.5 Å². The molecule has 1 aromatic carbocycles. The minimum absolute atomic E-state index is 0. The quantitative estimate of drug-likeness (QED) is 0.689. The van der Waals surface area contributed by atoms with Crippen LogP contribution in [0.2, 0.25) is 5.02 Å². The Morgan fingerprint density at radius 2 is 2.04 bits per heavy atom. The number of carbonyl (C=O) groups is 1. The van der Waals surface area contributed by atoms with Crippen molar-refractivity contribution in [3.63, 3.8) is 0 Å². The van der Waals surface area contributed by atoms with E-state index in [2.05, 4.69) is 5.10 Å². The number of nitrogens with zero attached hydrogens (tertiary/aromatic N) is 3. The summed E-state index contributed by atoms with van der Waals surface area (Å²) < 4.78 is 1.95. The van der Waals surface area contributed by atoms with Crippen LogP contribution >= 0.6 is 35.3 Å². The summed E-state index contributed by atoms with van der Waals surface area (Å²) in [6, 6.07) is 9.66. The summed E-state index contributed by atoms with van der Waals surface area (Å²) in [5.41, 5.74) is 7.71. The first kappa shape index (κ1) is 20.7. The van der Waals surface area contributed by atoms with Crippen LogP contribution in [0.25, 0.3) is 10.2 Å². The van der Waals surface area contributed by atoms with Gasteiger partial charge < -0.3 is 10.6 Å². The molecule has 0 radical (unpaired) electrons. The molecule has 1 atom stereocenters. The fourth-order valence-electron chi connectivity index (χ4n) is 2.62. The molecule has 1 unspecified atom stereocenters. The number of aryl methyl sites for hydroxylation is 1. The van der Waals surface area contributed by atoms with Crippen molar-refractivity contribution < 1.29 is 4.79 Å². The van der Waals surface area contributed by atoms with Crippen molar-refractivity contribution in [1.29, 1.82) is 0 Å². The molecule has 1 amide bonds. The molecule has 2 N–H and O–H groups in total. The normalized spacial score (nSPS) is 12.0. The Kier molecular flexibility index (Phi) is 6.69. The molecule has 0 aliphatic heterocycles. The van der Waals surface area contributed by atoms with E-state index in [4.69, 9.17) is 17.3 Å². The van der Waals surface area contributed by atoms with Crippen LogP contribution < -0.4 is 5.73 Å². The van der Waals surface area contributed by atoms with Crippen LogP contribution in [0.15, 0.2) is 30.3 Å². The Balaban J connectivity index is 0.00000243. The van der Waals surface area contributed by atoms with E-state index in [0.29, 0.717) is 23.0 Å². The molecule has 0 aliphatic rings. The second kappa shape index (κ2) is 8.39. The number of aromatic nitrogens is 2. The number of hydrogen-bond acceptors (Lipinski definition) is 4. The van der Waals surface area contributed by atoms with Crippen molar-refractivity contribution in [2.24, 2.45) is 5.73 Å². The van der Waals surface area contributed by atoms with Gasteiger partial charge in [0.15, 0.2) is 0 Å². The predicted octanol–water partition coefficient (Wildman–Crippen LogP) is 3.95. The molecule has 2 heterocycles. The number of hydrogen-bond donors (Lipinski definition) is 1. The molecule has 0 saturated heterocycles. The second-order valence-corrected chi connectivity index (χ2v) is 7.67. The maximum absolute atomic E-state index is 12.7. The molecule has 0 bridgehead atoms. The van der Waals surface area contributed by atoms with Crippen LogP contribution in [-0.4, -0.2) is 40.2 Å². The Morgan fingerprint density at radius 1 is 1.38 bits per heavy atom. The lowest BCUT2D eigenvalue weighted by molar-refractivity contribution is 0.0753. The molecule has 140 valence electrons. The summed E-state index contributed by atoms with van der Waals surface area (Å²) in [7, 11) is 1.79. The van der Waals surface area contributed by atoms with E-state index in [9.17, 15) is 4.79 Å². The highest BCUT2D eigenvalue weighted by Gasteiger charge is 2.21. The fraction of sp³-hybridized carbons (Fsp3) is 0.333. The minimum Gasteiger partial charge on any atom is -0.337 e. The standard InChI is InChI=1S/C18H21ClN4OS.ClH/c1-11(9-20)22(3)17(24)16-8-15-12(2)21-23(18(15)25-16)10-13-4-6-14(19)7-5-13;/h4-8,11H,9-10,20H2,1-3H3;1H. The van der Waals surface area contributed by atoms with Crippen molar-refractivity contribution in [1.82, 2.24) is 14.7 Å². The molecule has 8 heteroatoms. The van der Waals surface area contributed by atoms with E-state index in [1.807, 2.05) is 48.9 Å². The third-order valence-corrected chi connectivity index (χ3v) is 5.77. The number of thiophene rings is 1. The molecule has 2 aromatic heterocycles. The number of fused-ring (bicyclic) bond motifs is 1. The topological polar surface area (TPSA) is 64.2 Å². The predicted molar refractivity (Wildman–Crippen MR) is 111 cm³/mol. The van der Waals surface area contributed by atoms with Crippen LogP contribution in [0.5, 0.6) is 0 Å². The lowest BCUT2D eigenvalue weighted by atomic mass is 10.2. The number of likely N-dealkylation sites (N-methyl/N-ethyl adjacent to an activating group) is 1. The zero-order chi connectivity index (χ0) is 18.1. The van der Waals surface area contributed by atoms with Gasteiger partial charge >= 0.3 is 0 Å². The van der Waals surface area contributed by atoms with Gasteiger partial charge in [-0.3, -0.25) is 9.48 Å². The van der Waals surface area contributed by atoms with E-state index >= 15 is 0 Å². The summed E-state index contributed by atoms with van der Waals surface area (Å²) in [5, 5.41) is 6.35. The zero-order valence-corrected chi connectivity index (χ0v) is 17.3. The number of halogens is 2. The van der Waals surface area contributed by atoms with Crippen LogP contribution in [0.1, 0.15) is 27.9 Å². The average molecular weight is 413 g/mol. The highest BCUT2D eigenvalue weighted by molar-refractivity contribution is 7.20. The summed E-state index contributed by atoms with van der Waals surface area (Å²) in [6.45, 7) is 4.99. The number of amides is 1. The molecular formula is C18H22Cl2N4OS. The molecule has 0 spiro atoms. The van der Waals surface area contributed by atoms with Crippen molar-refractivity contribution in [2.75, 3.05) is 13.6 Å². The summed E-state index contributed by atoms with van der Waals surface area (Å²) in [6.07, 6.45) is 0. The number of benzene rings is 1. The second-order valence-electron chi connectivity index (χ2n) is 6.20. The smallest absolute Gasteiger partial charge is 0.264 e. The Bertz CT molecular complexity index is 904. The third-order valence-electron chi connectivity index (χ3n) is 4.39. The van der Waals surface area contributed by atoms with Crippen LogP contribution in [0, 0.1) is 6.92 Å². The lowest BCUT2D eigenvalue weighted by Gasteiger charge is -2.22. The van der Waals surface area contributed by atoms with Crippen LogP contribution in [0.4, 0.5) is 0 Å². The summed E-state index contributed by atoms with van der Waals surface area (Å²) >= 11 is 7.42. The van der Waals surface area contributed by atoms with Crippen molar-refractivity contribution >= 4 is 51.5 Å². The van der Waals surface area contributed by atoms with E-state index in [1.165, 1.54) is 11.3 Å². The first-order valence-electron chi connectivity index (χ1n) is 8.09. The van der Waals surface area contributed by atoms with Crippen LogP contribution in [0.3, 0.4) is 0 Å². The Hall–Kier alpha value is -1.60. The third kappa shape index (κ3) is 4.04. The largest absolute Gasteiger partial charge is 0.337 e. The van der Waals surface area contributed by atoms with E-state index in [0.717, 1.165) is 21.5 Å². The molecular weight excluding hydrogens is 391 g/mol.